The fourth-order valence-corrected chi connectivity index (χ4v) is 2.69. The van der Waals surface area contributed by atoms with E-state index in [9.17, 15) is 14.4 Å². The van der Waals surface area contributed by atoms with Crippen LogP contribution < -0.4 is 0 Å². The maximum absolute atomic E-state index is 12.5. The van der Waals surface area contributed by atoms with Crippen LogP contribution in [0.15, 0.2) is 0 Å². The van der Waals surface area contributed by atoms with Gasteiger partial charge < -0.3 is 14.9 Å². The molecule has 0 aromatic carbocycles. The van der Waals surface area contributed by atoms with Crippen molar-refractivity contribution in [2.24, 2.45) is 5.92 Å². The third-order valence-electron chi connectivity index (χ3n) is 3.88. The van der Waals surface area contributed by atoms with Crippen LogP contribution in [0.25, 0.3) is 0 Å². The molecule has 1 aliphatic heterocycles. The number of carbonyl (C=O) groups is 3. The maximum Gasteiger partial charge on any atom is 0.305 e. The first-order valence-corrected chi connectivity index (χ1v) is 7.77. The summed E-state index contributed by atoms with van der Waals surface area (Å²) in [5.74, 6) is -0.991. The molecule has 1 fully saturated rings. The zero-order chi connectivity index (χ0) is 15.8. The van der Waals surface area contributed by atoms with E-state index in [1.165, 1.54) is 0 Å². The van der Waals surface area contributed by atoms with E-state index in [1.54, 1.807) is 9.80 Å². The number of aliphatic carboxylic acids is 1. The molecule has 6 heteroatoms. The van der Waals surface area contributed by atoms with Gasteiger partial charge in [-0.25, -0.2) is 0 Å². The van der Waals surface area contributed by atoms with Gasteiger partial charge in [-0.3, -0.25) is 14.4 Å². The first kappa shape index (κ1) is 17.5. The second-order valence-electron chi connectivity index (χ2n) is 5.49. The Labute approximate surface area is 126 Å². The number of hydrogen-bond donors (Lipinski definition) is 1. The highest BCUT2D eigenvalue weighted by Crippen LogP contribution is 2.20. The van der Waals surface area contributed by atoms with E-state index in [2.05, 4.69) is 0 Å². The van der Waals surface area contributed by atoms with Crippen molar-refractivity contribution >= 4 is 17.8 Å². The molecule has 1 heterocycles. The Morgan fingerprint density at radius 2 is 1.95 bits per heavy atom. The summed E-state index contributed by atoms with van der Waals surface area (Å²) in [6.45, 7) is 5.76. The molecule has 0 aromatic rings. The molecule has 6 nitrogen and oxygen atoms in total. The number of amides is 2. The molecular formula is C15H26N2O4. The van der Waals surface area contributed by atoms with E-state index < -0.39 is 5.97 Å². The molecule has 0 saturated carbocycles. The average Bonchev–Trinajstić information content (AvgIpc) is 2.47. The predicted molar refractivity (Wildman–Crippen MR) is 78.7 cm³/mol. The van der Waals surface area contributed by atoms with Crippen molar-refractivity contribution in [1.82, 2.24) is 9.80 Å². The van der Waals surface area contributed by atoms with E-state index >= 15 is 0 Å². The van der Waals surface area contributed by atoms with Crippen molar-refractivity contribution in [1.29, 1.82) is 0 Å². The number of rotatable bonds is 7. The van der Waals surface area contributed by atoms with Gasteiger partial charge in [0.05, 0.1) is 12.3 Å². The zero-order valence-corrected chi connectivity index (χ0v) is 13.0. The Bertz CT molecular complexity index is 384. The zero-order valence-electron chi connectivity index (χ0n) is 13.0. The van der Waals surface area contributed by atoms with Crippen molar-refractivity contribution in [2.45, 2.75) is 46.0 Å². The molecule has 1 atom stereocenters. The van der Waals surface area contributed by atoms with Gasteiger partial charge in [0.2, 0.25) is 11.8 Å². The molecule has 1 saturated heterocycles. The van der Waals surface area contributed by atoms with Crippen LogP contribution in [0.3, 0.4) is 0 Å². The molecule has 1 N–H and O–H groups in total. The Hall–Kier alpha value is -1.59. The van der Waals surface area contributed by atoms with Gasteiger partial charge in [-0.2, -0.15) is 0 Å². The van der Waals surface area contributed by atoms with Crippen LogP contribution in [0.1, 0.15) is 46.0 Å². The fraction of sp³-hybridized carbons (Fsp3) is 0.800. The summed E-state index contributed by atoms with van der Waals surface area (Å²) < 4.78 is 0. The number of carboxylic acid groups (broad SMARTS) is 1. The minimum Gasteiger partial charge on any atom is -0.481 e. The second kappa shape index (κ2) is 8.64. The molecule has 1 unspecified atom stereocenters. The van der Waals surface area contributed by atoms with Crippen molar-refractivity contribution < 1.29 is 19.5 Å². The van der Waals surface area contributed by atoms with Crippen LogP contribution in [-0.4, -0.2) is 58.9 Å². The average molecular weight is 298 g/mol. The number of carbonyl (C=O) groups excluding carboxylic acids is 2. The molecule has 0 radical (unpaired) electrons. The van der Waals surface area contributed by atoms with Gasteiger partial charge in [-0.05, 0) is 26.2 Å². The molecule has 21 heavy (non-hydrogen) atoms. The van der Waals surface area contributed by atoms with Crippen LogP contribution in [0.4, 0.5) is 0 Å². The Morgan fingerprint density at radius 1 is 1.24 bits per heavy atom. The van der Waals surface area contributed by atoms with Crippen LogP contribution >= 0.6 is 0 Å². The molecule has 2 amide bonds. The highest BCUT2D eigenvalue weighted by Gasteiger charge is 2.30. The topological polar surface area (TPSA) is 77.9 Å². The molecule has 120 valence electrons. The number of likely N-dealkylation sites (tertiary alicyclic amines) is 1. The van der Waals surface area contributed by atoms with Gasteiger partial charge in [0.1, 0.15) is 0 Å². The van der Waals surface area contributed by atoms with E-state index in [0.29, 0.717) is 19.5 Å². The molecule has 0 bridgehead atoms. The number of hydrogen-bond acceptors (Lipinski definition) is 3. The maximum atomic E-state index is 12.5. The quantitative estimate of drug-likeness (QED) is 0.769. The minimum absolute atomic E-state index is 0.0206. The fourth-order valence-electron chi connectivity index (χ4n) is 2.69. The van der Waals surface area contributed by atoms with Gasteiger partial charge >= 0.3 is 5.97 Å². The molecule has 0 spiro atoms. The third kappa shape index (κ3) is 5.36. The minimum atomic E-state index is -0.898. The largest absolute Gasteiger partial charge is 0.481 e. The van der Waals surface area contributed by atoms with Crippen LogP contribution in [0.5, 0.6) is 0 Å². The molecule has 0 aliphatic carbocycles. The van der Waals surface area contributed by atoms with Crippen molar-refractivity contribution in [3.8, 4) is 0 Å². The van der Waals surface area contributed by atoms with Gasteiger partial charge in [-0.15, -0.1) is 0 Å². The van der Waals surface area contributed by atoms with Crippen LogP contribution in [-0.2, 0) is 14.4 Å². The van der Waals surface area contributed by atoms with E-state index in [4.69, 9.17) is 5.11 Å². The molecule has 1 aliphatic rings. The Kier molecular flexibility index (Phi) is 7.19. The summed E-state index contributed by atoms with van der Waals surface area (Å²) in [5, 5.41) is 8.73. The standard InChI is InChI=1S/C15H26N2O4/c1-3-6-13(18)17-9-5-7-12(11-17)15(21)16(4-2)10-8-14(19)20/h12H,3-11H2,1-2H3,(H,19,20). The van der Waals surface area contributed by atoms with Gasteiger partial charge in [-0.1, -0.05) is 6.92 Å². The Balaban J connectivity index is 2.59. The molecule has 0 aromatic heterocycles. The lowest BCUT2D eigenvalue weighted by molar-refractivity contribution is -0.142. The summed E-state index contributed by atoms with van der Waals surface area (Å²) in [7, 11) is 0. The second-order valence-corrected chi connectivity index (χ2v) is 5.49. The smallest absolute Gasteiger partial charge is 0.305 e. The normalized spacial score (nSPS) is 18.4. The SMILES string of the molecule is CCCC(=O)N1CCCC(C(=O)N(CC)CCC(=O)O)C1. The number of piperidine rings is 1. The lowest BCUT2D eigenvalue weighted by Crippen LogP contribution is -2.47. The van der Waals surface area contributed by atoms with Crippen molar-refractivity contribution in [2.75, 3.05) is 26.2 Å². The monoisotopic (exact) mass is 298 g/mol. The number of carboxylic acids is 1. The molecular weight excluding hydrogens is 272 g/mol. The van der Waals surface area contributed by atoms with Gasteiger partial charge in [0.15, 0.2) is 0 Å². The summed E-state index contributed by atoms with van der Waals surface area (Å²) in [4.78, 5) is 38.4. The molecule has 1 rings (SSSR count). The van der Waals surface area contributed by atoms with E-state index in [-0.39, 0.29) is 30.7 Å². The summed E-state index contributed by atoms with van der Waals surface area (Å²) in [6, 6.07) is 0. The highest BCUT2D eigenvalue weighted by atomic mass is 16.4. The first-order chi connectivity index (χ1) is 9.99. The van der Waals surface area contributed by atoms with E-state index in [0.717, 1.165) is 25.8 Å². The number of nitrogens with zero attached hydrogens (tertiary/aromatic N) is 2. The first-order valence-electron chi connectivity index (χ1n) is 7.77. The highest BCUT2D eigenvalue weighted by molar-refractivity contribution is 5.81. The predicted octanol–water partition coefficient (Wildman–Crippen LogP) is 1.35. The van der Waals surface area contributed by atoms with Crippen LogP contribution in [0.2, 0.25) is 0 Å². The van der Waals surface area contributed by atoms with Crippen LogP contribution in [0, 0.1) is 5.92 Å². The van der Waals surface area contributed by atoms with Gasteiger partial charge in [0.25, 0.3) is 0 Å². The van der Waals surface area contributed by atoms with Gasteiger partial charge in [0, 0.05) is 32.6 Å². The van der Waals surface area contributed by atoms with E-state index in [1.807, 2.05) is 13.8 Å². The summed E-state index contributed by atoms with van der Waals surface area (Å²) >= 11 is 0. The Morgan fingerprint density at radius 3 is 2.52 bits per heavy atom. The van der Waals surface area contributed by atoms with Crippen molar-refractivity contribution in [3.63, 3.8) is 0 Å². The summed E-state index contributed by atoms with van der Waals surface area (Å²) in [5.41, 5.74) is 0. The lowest BCUT2D eigenvalue weighted by Gasteiger charge is -2.34. The third-order valence-corrected chi connectivity index (χ3v) is 3.88. The summed E-state index contributed by atoms with van der Waals surface area (Å²) in [6.07, 6.45) is 2.91. The van der Waals surface area contributed by atoms with Crippen molar-refractivity contribution in [3.05, 3.63) is 0 Å². The lowest BCUT2D eigenvalue weighted by atomic mass is 9.96.